The minimum atomic E-state index is 0.0602. The van der Waals surface area contributed by atoms with Crippen LogP contribution in [0.3, 0.4) is 0 Å². The Hall–Kier alpha value is -0.0400. The van der Waals surface area contributed by atoms with Crippen LogP contribution in [0.15, 0.2) is 0 Å². The number of rotatable bonds is 0. The number of hydrogen-bond acceptors (Lipinski definition) is 1. The van der Waals surface area contributed by atoms with Crippen LogP contribution in [0, 0.1) is 16.7 Å². The van der Waals surface area contributed by atoms with Crippen molar-refractivity contribution < 1.29 is 5.11 Å². The lowest BCUT2D eigenvalue weighted by Gasteiger charge is -2.49. The van der Waals surface area contributed by atoms with Gasteiger partial charge >= 0.3 is 0 Å². The van der Waals surface area contributed by atoms with Gasteiger partial charge in [-0.2, -0.15) is 0 Å². The summed E-state index contributed by atoms with van der Waals surface area (Å²) in [5.41, 5.74) is 1.20. The van der Waals surface area contributed by atoms with E-state index in [4.69, 9.17) is 0 Å². The summed E-state index contributed by atoms with van der Waals surface area (Å²) in [6.07, 6.45) is 6.75. The molecule has 3 saturated carbocycles. The first kappa shape index (κ1) is 6.47. The zero-order valence-corrected chi connectivity index (χ0v) is 7.14. The van der Waals surface area contributed by atoms with Gasteiger partial charge in [-0.3, -0.25) is 0 Å². The van der Waals surface area contributed by atoms with E-state index in [9.17, 15) is 5.11 Å². The zero-order valence-electron chi connectivity index (χ0n) is 7.14. The third-order valence-corrected chi connectivity index (χ3v) is 4.56. The minimum absolute atomic E-state index is 0.0602. The molecule has 0 aromatic heterocycles. The van der Waals surface area contributed by atoms with Crippen LogP contribution >= 0.6 is 0 Å². The van der Waals surface area contributed by atoms with Gasteiger partial charge in [0.05, 0.1) is 6.10 Å². The maximum Gasteiger partial charge on any atom is 0.0584 e. The van der Waals surface area contributed by atoms with Gasteiger partial charge in [-0.25, -0.2) is 0 Å². The Morgan fingerprint density at radius 2 is 1.82 bits per heavy atom. The van der Waals surface area contributed by atoms with Gasteiger partial charge in [-0.1, -0.05) is 6.92 Å². The highest BCUT2D eigenvalue weighted by molar-refractivity contribution is 5.17. The molecule has 1 N–H and O–H groups in total. The maximum absolute atomic E-state index is 9.66. The van der Waals surface area contributed by atoms with Gasteiger partial charge in [0.25, 0.3) is 0 Å². The number of aliphatic hydroxyl groups excluding tert-OH is 1. The van der Waals surface area contributed by atoms with E-state index in [-0.39, 0.29) is 6.10 Å². The number of aliphatic hydroxyl groups is 1. The fourth-order valence-electron chi connectivity index (χ4n) is 3.84. The molecule has 3 aliphatic rings. The molecule has 0 heterocycles. The molecule has 0 aliphatic heterocycles. The van der Waals surface area contributed by atoms with E-state index in [1.807, 2.05) is 0 Å². The van der Waals surface area contributed by atoms with E-state index in [2.05, 4.69) is 6.92 Å². The van der Waals surface area contributed by atoms with Crippen molar-refractivity contribution in [3.05, 3.63) is 0 Å². The van der Waals surface area contributed by atoms with Crippen LogP contribution in [0.5, 0.6) is 0 Å². The Morgan fingerprint density at radius 1 is 1.18 bits per heavy atom. The standard InChI is InChI=1S/C10H16O/c1-9-2-3-10(4-5-10)8(9)7(11)6-9/h7-8,11H,2-6H2,1H3/t7-,8-,9+/m1/s1. The Balaban J connectivity index is 1.95. The molecule has 62 valence electrons. The summed E-state index contributed by atoms with van der Waals surface area (Å²) >= 11 is 0. The first-order valence-corrected chi connectivity index (χ1v) is 4.84. The van der Waals surface area contributed by atoms with Crippen molar-refractivity contribution in [2.75, 3.05) is 0 Å². The molecule has 0 aromatic rings. The Bertz CT molecular complexity index is 201. The van der Waals surface area contributed by atoms with Gasteiger partial charge in [-0.15, -0.1) is 0 Å². The highest BCUT2D eigenvalue weighted by Gasteiger charge is 2.68. The molecule has 3 fully saturated rings. The summed E-state index contributed by atoms with van der Waals surface area (Å²) in [6.45, 7) is 2.37. The van der Waals surface area contributed by atoms with Crippen LogP contribution in [0.1, 0.15) is 39.0 Å². The molecule has 3 atom stereocenters. The van der Waals surface area contributed by atoms with Crippen molar-refractivity contribution >= 4 is 0 Å². The summed E-state index contributed by atoms with van der Waals surface area (Å²) in [5, 5.41) is 9.66. The summed E-state index contributed by atoms with van der Waals surface area (Å²) in [6, 6.07) is 0. The van der Waals surface area contributed by atoms with Crippen molar-refractivity contribution in [3.8, 4) is 0 Å². The highest BCUT2D eigenvalue weighted by atomic mass is 16.3. The average Bonchev–Trinajstić information content (AvgIpc) is 2.59. The van der Waals surface area contributed by atoms with Crippen molar-refractivity contribution in [1.82, 2.24) is 0 Å². The molecule has 0 saturated heterocycles. The van der Waals surface area contributed by atoms with Crippen molar-refractivity contribution in [2.45, 2.75) is 45.1 Å². The largest absolute Gasteiger partial charge is 0.393 e. The molecule has 0 amide bonds. The first-order valence-electron chi connectivity index (χ1n) is 4.84. The fraction of sp³-hybridized carbons (Fsp3) is 1.00. The summed E-state index contributed by atoms with van der Waals surface area (Å²) in [5.74, 6) is 0.690. The van der Waals surface area contributed by atoms with E-state index in [1.165, 1.54) is 25.7 Å². The third kappa shape index (κ3) is 0.581. The molecule has 0 aromatic carbocycles. The fourth-order valence-corrected chi connectivity index (χ4v) is 3.84. The normalized spacial score (nSPS) is 57.3. The van der Waals surface area contributed by atoms with E-state index >= 15 is 0 Å². The predicted molar refractivity (Wildman–Crippen MR) is 43.1 cm³/mol. The molecule has 1 heteroatoms. The number of fused-ring (bicyclic) bond motifs is 2. The van der Waals surface area contributed by atoms with Crippen LogP contribution in [0.2, 0.25) is 0 Å². The minimum Gasteiger partial charge on any atom is -0.393 e. The van der Waals surface area contributed by atoms with Crippen molar-refractivity contribution in [3.63, 3.8) is 0 Å². The zero-order chi connectivity index (χ0) is 7.69. The second-order valence-electron chi connectivity index (χ2n) is 5.27. The molecule has 1 nitrogen and oxygen atoms in total. The van der Waals surface area contributed by atoms with Crippen LogP contribution in [-0.2, 0) is 0 Å². The van der Waals surface area contributed by atoms with E-state index in [0.717, 1.165) is 6.42 Å². The molecule has 11 heavy (non-hydrogen) atoms. The summed E-state index contributed by atoms with van der Waals surface area (Å²) < 4.78 is 0. The van der Waals surface area contributed by atoms with E-state index in [1.54, 1.807) is 0 Å². The molecule has 1 spiro atoms. The van der Waals surface area contributed by atoms with Crippen LogP contribution in [0.4, 0.5) is 0 Å². The maximum atomic E-state index is 9.66. The van der Waals surface area contributed by atoms with Gasteiger partial charge in [0.2, 0.25) is 0 Å². The predicted octanol–water partition coefficient (Wildman–Crippen LogP) is 1.95. The van der Waals surface area contributed by atoms with Crippen LogP contribution < -0.4 is 0 Å². The Morgan fingerprint density at radius 3 is 2.27 bits per heavy atom. The third-order valence-electron chi connectivity index (χ3n) is 4.56. The van der Waals surface area contributed by atoms with Crippen molar-refractivity contribution in [2.24, 2.45) is 16.7 Å². The monoisotopic (exact) mass is 152 g/mol. The molecule has 3 rings (SSSR count). The van der Waals surface area contributed by atoms with Gasteiger partial charge in [0.15, 0.2) is 0 Å². The van der Waals surface area contributed by atoms with Gasteiger partial charge in [0.1, 0.15) is 0 Å². The van der Waals surface area contributed by atoms with Crippen LogP contribution in [-0.4, -0.2) is 11.2 Å². The molecule has 3 aliphatic carbocycles. The van der Waals surface area contributed by atoms with E-state index < -0.39 is 0 Å². The lowest BCUT2D eigenvalue weighted by molar-refractivity contribution is -0.0994. The highest BCUT2D eigenvalue weighted by Crippen LogP contribution is 2.74. The quantitative estimate of drug-likeness (QED) is 0.562. The molecular weight excluding hydrogens is 136 g/mol. The molecule has 0 radical (unpaired) electrons. The smallest absolute Gasteiger partial charge is 0.0584 e. The second-order valence-corrected chi connectivity index (χ2v) is 5.27. The Kier molecular flexibility index (Phi) is 0.893. The topological polar surface area (TPSA) is 20.2 Å². The first-order chi connectivity index (χ1) is 5.16. The SMILES string of the molecule is C[C@@]12CCC3(CC3)[C@@H]1[C@H](O)C2. The summed E-state index contributed by atoms with van der Waals surface area (Å²) in [7, 11) is 0. The molecule has 0 unspecified atom stereocenters. The van der Waals surface area contributed by atoms with Crippen molar-refractivity contribution in [1.29, 1.82) is 0 Å². The van der Waals surface area contributed by atoms with Crippen LogP contribution in [0.25, 0.3) is 0 Å². The average molecular weight is 152 g/mol. The molecular formula is C10H16O. The van der Waals surface area contributed by atoms with Gasteiger partial charge < -0.3 is 5.11 Å². The summed E-state index contributed by atoms with van der Waals surface area (Å²) in [4.78, 5) is 0. The number of hydrogen-bond donors (Lipinski definition) is 1. The molecule has 0 bridgehead atoms. The van der Waals surface area contributed by atoms with E-state index in [0.29, 0.717) is 16.7 Å². The second kappa shape index (κ2) is 1.52. The lowest BCUT2D eigenvalue weighted by Crippen LogP contribution is -2.49. The lowest BCUT2D eigenvalue weighted by atomic mass is 9.58. The van der Waals surface area contributed by atoms with Gasteiger partial charge in [0, 0.05) is 0 Å². The Labute approximate surface area is 67.8 Å². The van der Waals surface area contributed by atoms with Gasteiger partial charge in [-0.05, 0) is 48.9 Å².